The summed E-state index contributed by atoms with van der Waals surface area (Å²) in [5.74, 6) is 0. The predicted molar refractivity (Wildman–Crippen MR) is 95.5 cm³/mol. The summed E-state index contributed by atoms with van der Waals surface area (Å²) >= 11 is 1.23. The third kappa shape index (κ3) is 2.50. The van der Waals surface area contributed by atoms with Crippen molar-refractivity contribution in [3.63, 3.8) is 0 Å². The summed E-state index contributed by atoms with van der Waals surface area (Å²) in [6.07, 6.45) is 8.82. The summed E-state index contributed by atoms with van der Waals surface area (Å²) in [5, 5.41) is 6.38. The van der Waals surface area contributed by atoms with Gasteiger partial charge in [0.2, 0.25) is 0 Å². The van der Waals surface area contributed by atoms with Crippen molar-refractivity contribution in [3.05, 3.63) is 53.1 Å². The number of hydrogen-bond donors (Lipinski definition) is 2. The molecule has 3 aromatic rings. The van der Waals surface area contributed by atoms with Crippen LogP contribution in [0.5, 0.6) is 0 Å². The van der Waals surface area contributed by atoms with E-state index in [4.69, 9.17) is 5.14 Å². The van der Waals surface area contributed by atoms with Gasteiger partial charge in [-0.15, -0.1) is 0 Å². The Morgan fingerprint density at radius 2 is 1.87 bits per heavy atom. The van der Waals surface area contributed by atoms with Gasteiger partial charge in [0.05, 0.1) is 10.9 Å². The van der Waals surface area contributed by atoms with Crippen LogP contribution in [0.25, 0.3) is 22.0 Å². The van der Waals surface area contributed by atoms with Crippen LogP contribution in [0.4, 0.5) is 0 Å². The van der Waals surface area contributed by atoms with Crippen molar-refractivity contribution in [3.8, 4) is 11.1 Å². The van der Waals surface area contributed by atoms with E-state index in [2.05, 4.69) is 15.7 Å². The molecule has 0 saturated heterocycles. The summed E-state index contributed by atoms with van der Waals surface area (Å²) < 4.78 is 2.30. The molecule has 0 radical (unpaired) electrons. The van der Waals surface area contributed by atoms with E-state index in [-0.39, 0.29) is 5.56 Å². The van der Waals surface area contributed by atoms with Gasteiger partial charge in [-0.1, -0.05) is 25.0 Å². The van der Waals surface area contributed by atoms with Crippen LogP contribution >= 0.6 is 11.9 Å². The second kappa shape index (κ2) is 5.91. The van der Waals surface area contributed by atoms with Gasteiger partial charge in [0.15, 0.2) is 0 Å². The third-order valence-electron chi connectivity index (χ3n) is 4.77. The maximum Gasteiger partial charge on any atom is 0.258 e. The summed E-state index contributed by atoms with van der Waals surface area (Å²) in [6, 6.07) is 10.6. The van der Waals surface area contributed by atoms with Gasteiger partial charge in [0.1, 0.15) is 0 Å². The lowest BCUT2D eigenvalue weighted by molar-refractivity contribution is 0.536. The number of H-pyrrole nitrogens is 1. The number of aromatic nitrogens is 2. The highest BCUT2D eigenvalue weighted by Crippen LogP contribution is 2.36. The molecule has 1 aliphatic carbocycles. The molecule has 4 rings (SSSR count). The molecule has 0 atom stereocenters. The first kappa shape index (κ1) is 14.6. The fraction of sp³-hybridized carbons (Fsp3) is 0.278. The van der Waals surface area contributed by atoms with E-state index in [1.807, 2.05) is 30.3 Å². The Hall–Kier alpha value is -1.98. The van der Waals surface area contributed by atoms with Gasteiger partial charge in [-0.2, -0.15) is 0 Å². The molecule has 1 aliphatic rings. The molecule has 23 heavy (non-hydrogen) atoms. The number of aromatic amines is 1. The number of nitrogens with zero attached hydrogens (tertiary/aromatic N) is 1. The van der Waals surface area contributed by atoms with E-state index in [1.165, 1.54) is 37.6 Å². The highest BCUT2D eigenvalue weighted by Gasteiger charge is 2.21. The molecule has 2 aromatic heterocycles. The van der Waals surface area contributed by atoms with E-state index < -0.39 is 0 Å². The smallest absolute Gasteiger partial charge is 0.258 e. The van der Waals surface area contributed by atoms with Crippen molar-refractivity contribution in [2.45, 2.75) is 36.6 Å². The van der Waals surface area contributed by atoms with Crippen molar-refractivity contribution < 1.29 is 0 Å². The predicted octanol–water partition coefficient (Wildman–Crippen LogP) is 4.08. The van der Waals surface area contributed by atoms with Crippen molar-refractivity contribution in [1.29, 1.82) is 0 Å². The number of nitrogens with two attached hydrogens (primary N) is 1. The van der Waals surface area contributed by atoms with Gasteiger partial charge < -0.3 is 9.55 Å². The highest BCUT2D eigenvalue weighted by atomic mass is 32.2. The van der Waals surface area contributed by atoms with Gasteiger partial charge >= 0.3 is 0 Å². The van der Waals surface area contributed by atoms with Gasteiger partial charge in [-0.3, -0.25) is 9.93 Å². The monoisotopic (exact) mass is 325 g/mol. The van der Waals surface area contributed by atoms with Crippen LogP contribution in [-0.4, -0.2) is 9.55 Å². The van der Waals surface area contributed by atoms with E-state index in [1.54, 1.807) is 6.20 Å². The fourth-order valence-electron chi connectivity index (χ4n) is 3.63. The Kier molecular flexibility index (Phi) is 3.75. The van der Waals surface area contributed by atoms with Crippen LogP contribution in [-0.2, 0) is 0 Å². The molecule has 5 heteroatoms. The van der Waals surface area contributed by atoms with Crippen molar-refractivity contribution in [2.24, 2.45) is 5.14 Å². The summed E-state index contributed by atoms with van der Waals surface area (Å²) in [4.78, 5) is 16.3. The molecule has 0 bridgehead atoms. The van der Waals surface area contributed by atoms with Crippen LogP contribution in [0.3, 0.4) is 0 Å². The van der Waals surface area contributed by atoms with Crippen molar-refractivity contribution in [2.75, 3.05) is 0 Å². The second-order valence-corrected chi connectivity index (χ2v) is 6.80. The molecular weight excluding hydrogens is 306 g/mol. The SMILES string of the molecule is NSc1ccc(-c2cn(C3CCCC3)c3cc[nH]c(=O)c23)cc1. The molecular formula is C18H19N3OS. The number of benzene rings is 1. The minimum Gasteiger partial charge on any atom is -0.344 e. The molecule has 2 heterocycles. The number of fused-ring (bicyclic) bond motifs is 1. The maximum atomic E-state index is 12.4. The number of hydrogen-bond acceptors (Lipinski definition) is 3. The van der Waals surface area contributed by atoms with Gasteiger partial charge in [-0.25, -0.2) is 0 Å². The normalized spacial score (nSPS) is 15.5. The lowest BCUT2D eigenvalue weighted by Crippen LogP contribution is -2.07. The zero-order valence-corrected chi connectivity index (χ0v) is 13.6. The zero-order chi connectivity index (χ0) is 15.8. The second-order valence-electron chi connectivity index (χ2n) is 6.10. The van der Waals surface area contributed by atoms with Gasteiger partial charge in [0, 0.05) is 28.9 Å². The third-order valence-corrected chi connectivity index (χ3v) is 5.32. The average molecular weight is 325 g/mol. The zero-order valence-electron chi connectivity index (χ0n) is 12.8. The van der Waals surface area contributed by atoms with Gasteiger partial charge in [0.25, 0.3) is 5.56 Å². The highest BCUT2D eigenvalue weighted by molar-refractivity contribution is 7.97. The Morgan fingerprint density at radius 3 is 2.57 bits per heavy atom. The largest absolute Gasteiger partial charge is 0.344 e. The van der Waals surface area contributed by atoms with Crippen LogP contribution in [0.1, 0.15) is 31.7 Å². The quantitative estimate of drug-likeness (QED) is 0.713. The van der Waals surface area contributed by atoms with Crippen LogP contribution in [0.2, 0.25) is 0 Å². The Labute approximate surface area is 138 Å². The summed E-state index contributed by atoms with van der Waals surface area (Å²) in [6.45, 7) is 0. The molecule has 1 saturated carbocycles. The topological polar surface area (TPSA) is 63.8 Å². The van der Waals surface area contributed by atoms with Crippen molar-refractivity contribution >= 4 is 22.9 Å². The number of rotatable bonds is 3. The molecule has 118 valence electrons. The molecule has 0 unspecified atom stereocenters. The standard InChI is InChI=1S/C18H19N3OS/c19-23-14-7-5-12(6-8-14)15-11-21(13-3-1-2-4-13)16-9-10-20-18(22)17(15)16/h5-11,13H,1-4,19H2,(H,20,22). The first-order chi connectivity index (χ1) is 11.3. The maximum absolute atomic E-state index is 12.4. The Bertz CT molecular complexity index is 889. The molecule has 0 amide bonds. The van der Waals surface area contributed by atoms with E-state index in [0.29, 0.717) is 6.04 Å². The fourth-order valence-corrected chi connectivity index (χ4v) is 3.93. The van der Waals surface area contributed by atoms with Crippen LogP contribution in [0.15, 0.2) is 52.4 Å². The van der Waals surface area contributed by atoms with E-state index >= 15 is 0 Å². The minimum absolute atomic E-state index is 0.0217. The van der Waals surface area contributed by atoms with E-state index in [9.17, 15) is 4.79 Å². The molecule has 3 N–H and O–H groups in total. The Balaban J connectivity index is 1.93. The van der Waals surface area contributed by atoms with Crippen LogP contribution < -0.4 is 10.7 Å². The molecule has 1 aromatic carbocycles. The Morgan fingerprint density at radius 1 is 1.13 bits per heavy atom. The minimum atomic E-state index is -0.0217. The van der Waals surface area contributed by atoms with E-state index in [0.717, 1.165) is 26.9 Å². The first-order valence-electron chi connectivity index (χ1n) is 7.97. The molecule has 0 spiro atoms. The molecule has 0 aliphatic heterocycles. The van der Waals surface area contributed by atoms with Crippen LogP contribution in [0, 0.1) is 0 Å². The van der Waals surface area contributed by atoms with Crippen molar-refractivity contribution in [1.82, 2.24) is 9.55 Å². The molecule has 1 fully saturated rings. The average Bonchev–Trinajstić information content (AvgIpc) is 3.23. The lowest BCUT2D eigenvalue weighted by Gasteiger charge is -2.12. The van der Waals surface area contributed by atoms with Gasteiger partial charge in [-0.05, 0) is 48.6 Å². The number of pyridine rings is 1. The molecule has 4 nitrogen and oxygen atoms in total. The first-order valence-corrected chi connectivity index (χ1v) is 8.85. The lowest BCUT2D eigenvalue weighted by atomic mass is 10.1. The summed E-state index contributed by atoms with van der Waals surface area (Å²) in [7, 11) is 0. The number of nitrogens with one attached hydrogen (secondary N) is 1. The summed E-state index contributed by atoms with van der Waals surface area (Å²) in [5.41, 5.74) is 3.07.